The maximum absolute atomic E-state index is 12.3. The number of anilines is 1. The van der Waals surface area contributed by atoms with Crippen LogP contribution in [0.15, 0.2) is 53.5 Å². The van der Waals surface area contributed by atoms with E-state index >= 15 is 0 Å². The lowest BCUT2D eigenvalue weighted by Crippen LogP contribution is -2.41. The number of carbonyl (C=O) groups excluding carboxylic acids is 1. The van der Waals surface area contributed by atoms with Gasteiger partial charge in [0.15, 0.2) is 5.96 Å². The van der Waals surface area contributed by atoms with Crippen LogP contribution in [-0.2, 0) is 11.3 Å². The van der Waals surface area contributed by atoms with Gasteiger partial charge in [-0.3, -0.25) is 4.79 Å². The maximum Gasteiger partial charge on any atom is 0.243 e. The van der Waals surface area contributed by atoms with E-state index in [2.05, 4.69) is 26.9 Å². The number of rotatable bonds is 9. The molecule has 31 heavy (non-hydrogen) atoms. The highest BCUT2D eigenvalue weighted by atomic mass is 127. The van der Waals surface area contributed by atoms with Crippen LogP contribution in [0.4, 0.5) is 5.69 Å². The Morgan fingerprint density at radius 1 is 1.19 bits per heavy atom. The van der Waals surface area contributed by atoms with Crippen LogP contribution in [-0.4, -0.2) is 31.6 Å². The highest BCUT2D eigenvalue weighted by Crippen LogP contribution is 2.30. The molecule has 1 saturated carbocycles. The zero-order chi connectivity index (χ0) is 21.2. The Hall–Kier alpha value is -2.73. The molecule has 0 saturated heterocycles. The molecule has 0 spiro atoms. The molecule has 164 valence electrons. The first-order valence-corrected chi connectivity index (χ1v) is 10.3. The fourth-order valence-corrected chi connectivity index (χ4v) is 2.83. The molecule has 1 aliphatic carbocycles. The van der Waals surface area contributed by atoms with Gasteiger partial charge >= 0.3 is 0 Å². The first-order valence-electron chi connectivity index (χ1n) is 10.3. The van der Waals surface area contributed by atoms with Crippen molar-refractivity contribution in [2.24, 2.45) is 10.9 Å². The Labute approximate surface area is 201 Å². The highest BCUT2D eigenvalue weighted by molar-refractivity contribution is 14.0. The molecule has 0 aromatic heterocycles. The average Bonchev–Trinajstić information content (AvgIpc) is 3.59. The van der Waals surface area contributed by atoms with E-state index in [0.717, 1.165) is 23.5 Å². The number of guanidine groups is 1. The van der Waals surface area contributed by atoms with E-state index in [0.29, 0.717) is 30.7 Å². The lowest BCUT2D eigenvalue weighted by molar-refractivity contribution is -0.115. The summed E-state index contributed by atoms with van der Waals surface area (Å²) in [5.41, 5.74) is 2.41. The van der Waals surface area contributed by atoms with Gasteiger partial charge in [0.1, 0.15) is 5.75 Å². The van der Waals surface area contributed by atoms with Crippen molar-refractivity contribution >= 4 is 41.5 Å². The van der Waals surface area contributed by atoms with Crippen LogP contribution in [0.3, 0.4) is 0 Å². The largest absolute Gasteiger partial charge is 0.493 e. The first-order chi connectivity index (χ1) is 14.7. The Balaban J connectivity index is 0.00000341. The Kier molecular flexibility index (Phi) is 10.2. The number of carbonyl (C=O) groups is 1. The molecule has 6 nitrogen and oxygen atoms in total. The minimum atomic E-state index is -0.178. The summed E-state index contributed by atoms with van der Waals surface area (Å²) in [6.07, 6.45) is 7.91. The van der Waals surface area contributed by atoms with Gasteiger partial charge in [0.25, 0.3) is 0 Å². The number of aliphatic imine (C=N–C) groups is 1. The second-order valence-corrected chi connectivity index (χ2v) is 7.18. The Morgan fingerprint density at radius 2 is 2.00 bits per heavy atom. The third-order valence-electron chi connectivity index (χ3n) is 4.63. The van der Waals surface area contributed by atoms with Gasteiger partial charge in [-0.25, -0.2) is 4.99 Å². The highest BCUT2D eigenvalue weighted by Gasteiger charge is 2.22. The number of halogens is 1. The van der Waals surface area contributed by atoms with Crippen LogP contribution in [0, 0.1) is 18.3 Å². The summed E-state index contributed by atoms with van der Waals surface area (Å²) >= 11 is 0. The fraction of sp³-hybridized carbons (Fsp3) is 0.333. The van der Waals surface area contributed by atoms with E-state index in [1.807, 2.05) is 43.3 Å². The number of para-hydroxylation sites is 1. The number of terminal acetylenes is 1. The molecule has 0 unspecified atom stereocenters. The van der Waals surface area contributed by atoms with Gasteiger partial charge < -0.3 is 20.7 Å². The van der Waals surface area contributed by atoms with Crippen molar-refractivity contribution in [3.05, 3.63) is 59.7 Å². The fourth-order valence-electron chi connectivity index (χ4n) is 2.83. The molecule has 0 heterocycles. The predicted octanol–water partition coefficient (Wildman–Crippen LogP) is 3.77. The van der Waals surface area contributed by atoms with Crippen molar-refractivity contribution in [1.29, 1.82) is 0 Å². The van der Waals surface area contributed by atoms with Crippen molar-refractivity contribution in [2.75, 3.05) is 25.0 Å². The minimum absolute atomic E-state index is 0. The first kappa shape index (κ1) is 24.5. The number of nitrogens with zero attached hydrogens (tertiary/aromatic N) is 1. The Morgan fingerprint density at radius 3 is 2.74 bits per heavy atom. The van der Waals surface area contributed by atoms with Gasteiger partial charge in [-0.2, -0.15) is 0 Å². The van der Waals surface area contributed by atoms with Crippen LogP contribution in [0.1, 0.15) is 30.9 Å². The molecule has 0 radical (unpaired) electrons. The molecule has 3 N–H and O–H groups in total. The van der Waals surface area contributed by atoms with E-state index < -0.39 is 0 Å². The summed E-state index contributed by atoms with van der Waals surface area (Å²) in [5, 5.41) is 9.06. The van der Waals surface area contributed by atoms with Crippen LogP contribution < -0.4 is 20.7 Å². The molecule has 0 aliphatic heterocycles. The second-order valence-electron chi connectivity index (χ2n) is 7.18. The third kappa shape index (κ3) is 8.50. The molecular formula is C24H29IN4O2. The molecule has 2 aromatic rings. The van der Waals surface area contributed by atoms with Crippen LogP contribution in [0.25, 0.3) is 0 Å². The minimum Gasteiger partial charge on any atom is -0.493 e. The standard InChI is InChI=1S/C24H28N4O2.HI/c1-3-18-8-7-10-21(14-18)28-23(29)16-27-24(25-4-2)26-15-20-9-5-6-11-22(20)30-17-19-12-13-19;/h1,5-11,14,19H,4,12-13,15-17H2,2H3,(H,28,29)(H2,25,26,27);1H. The van der Waals surface area contributed by atoms with E-state index in [9.17, 15) is 4.79 Å². The normalized spacial score (nSPS) is 12.8. The van der Waals surface area contributed by atoms with Crippen molar-refractivity contribution in [3.63, 3.8) is 0 Å². The molecule has 2 aromatic carbocycles. The topological polar surface area (TPSA) is 74.8 Å². The Bertz CT molecular complexity index is 935. The van der Waals surface area contributed by atoms with Gasteiger partial charge in [0, 0.05) is 23.4 Å². The van der Waals surface area contributed by atoms with E-state index in [1.54, 1.807) is 12.1 Å². The van der Waals surface area contributed by atoms with Gasteiger partial charge in [0.05, 0.1) is 19.7 Å². The second kappa shape index (κ2) is 12.8. The zero-order valence-corrected chi connectivity index (χ0v) is 20.0. The summed E-state index contributed by atoms with van der Waals surface area (Å²) < 4.78 is 5.95. The summed E-state index contributed by atoms with van der Waals surface area (Å²) in [6, 6.07) is 15.1. The summed E-state index contributed by atoms with van der Waals surface area (Å²) in [7, 11) is 0. The van der Waals surface area contributed by atoms with Crippen LogP contribution >= 0.6 is 24.0 Å². The van der Waals surface area contributed by atoms with E-state index in [-0.39, 0.29) is 36.4 Å². The number of amides is 1. The molecule has 1 amide bonds. The third-order valence-corrected chi connectivity index (χ3v) is 4.63. The van der Waals surface area contributed by atoms with Crippen molar-refractivity contribution in [2.45, 2.75) is 26.3 Å². The van der Waals surface area contributed by atoms with Crippen molar-refractivity contribution < 1.29 is 9.53 Å². The van der Waals surface area contributed by atoms with Gasteiger partial charge in [-0.1, -0.05) is 30.2 Å². The van der Waals surface area contributed by atoms with Crippen LogP contribution in [0.2, 0.25) is 0 Å². The maximum atomic E-state index is 12.3. The number of ether oxygens (including phenoxy) is 1. The zero-order valence-electron chi connectivity index (χ0n) is 17.7. The van der Waals surface area contributed by atoms with Crippen molar-refractivity contribution in [3.8, 4) is 18.1 Å². The summed E-state index contributed by atoms with van der Waals surface area (Å²) in [4.78, 5) is 16.9. The van der Waals surface area contributed by atoms with Gasteiger partial charge in [-0.05, 0) is 49.9 Å². The van der Waals surface area contributed by atoms with E-state index in [1.165, 1.54) is 12.8 Å². The molecule has 1 fully saturated rings. The summed E-state index contributed by atoms with van der Waals surface area (Å²) in [6.45, 7) is 3.99. The average molecular weight is 532 g/mol. The molecule has 1 aliphatic rings. The molecule has 3 rings (SSSR count). The number of hydrogen-bond donors (Lipinski definition) is 3. The number of hydrogen-bond acceptors (Lipinski definition) is 3. The molecule has 0 atom stereocenters. The monoisotopic (exact) mass is 532 g/mol. The van der Waals surface area contributed by atoms with Crippen molar-refractivity contribution in [1.82, 2.24) is 10.6 Å². The lowest BCUT2D eigenvalue weighted by atomic mass is 10.2. The quantitative estimate of drug-likeness (QED) is 0.199. The smallest absolute Gasteiger partial charge is 0.243 e. The lowest BCUT2D eigenvalue weighted by Gasteiger charge is -2.13. The summed E-state index contributed by atoms with van der Waals surface area (Å²) in [5.74, 6) is 4.52. The molecule has 7 heteroatoms. The molecular weight excluding hydrogens is 503 g/mol. The van der Waals surface area contributed by atoms with Gasteiger partial charge in [0.2, 0.25) is 5.91 Å². The number of nitrogens with one attached hydrogen (secondary N) is 3. The van der Waals surface area contributed by atoms with Crippen LogP contribution in [0.5, 0.6) is 5.75 Å². The molecule has 0 bridgehead atoms. The number of benzene rings is 2. The van der Waals surface area contributed by atoms with E-state index in [4.69, 9.17) is 11.2 Å². The SMILES string of the molecule is C#Cc1cccc(NC(=O)CNC(=NCc2ccccc2OCC2CC2)NCC)c1.I. The predicted molar refractivity (Wildman–Crippen MR) is 136 cm³/mol. The van der Waals surface area contributed by atoms with Gasteiger partial charge in [-0.15, -0.1) is 30.4 Å².